The Balaban J connectivity index is 1.51. The Bertz CT molecular complexity index is 1030. The lowest BCUT2D eigenvalue weighted by molar-refractivity contribution is -0.145. The number of thiophene rings is 1. The van der Waals surface area contributed by atoms with Crippen LogP contribution in [0.25, 0.3) is 0 Å². The summed E-state index contributed by atoms with van der Waals surface area (Å²) in [5, 5.41) is 2.11. The smallest absolute Gasteiger partial charge is 0.242 e. The van der Waals surface area contributed by atoms with E-state index in [0.29, 0.717) is 25.6 Å². The van der Waals surface area contributed by atoms with E-state index in [0.717, 1.165) is 49.8 Å². The average molecular weight is 497 g/mol. The first-order chi connectivity index (χ1) is 16.9. The number of carbonyl (C=O) groups is 2. The van der Waals surface area contributed by atoms with Gasteiger partial charge in [-0.25, -0.2) is 0 Å². The van der Waals surface area contributed by atoms with Gasteiger partial charge in [-0.2, -0.15) is 0 Å². The standard InChI is InChI=1S/C29H40N2O3S/c1-5-20(2)17-30(29(33)23-8-6-7-9-23)18-28(32)31-14-12-27-24(13-15-35-27)25(31)19-34-26-11-10-21(3)16-22(26)4/h10-11,13,15-16,20,23,25H,5-9,12,14,17-19H2,1-4H3/t20-,25+/m1/s1. The van der Waals surface area contributed by atoms with E-state index in [1.165, 1.54) is 16.0 Å². The Labute approximate surface area is 214 Å². The molecule has 4 rings (SSSR count). The van der Waals surface area contributed by atoms with Crippen molar-refractivity contribution in [2.75, 3.05) is 26.2 Å². The highest BCUT2D eigenvalue weighted by atomic mass is 32.1. The molecule has 2 aliphatic rings. The van der Waals surface area contributed by atoms with Crippen LogP contribution in [0.5, 0.6) is 5.75 Å². The van der Waals surface area contributed by atoms with Crippen molar-refractivity contribution in [1.82, 2.24) is 9.80 Å². The third-order valence-corrected chi connectivity index (χ3v) is 8.71. The fraction of sp³-hybridized carbons (Fsp3) is 0.586. The molecule has 1 aliphatic heterocycles. The Morgan fingerprint density at radius 3 is 2.69 bits per heavy atom. The lowest BCUT2D eigenvalue weighted by atomic mass is 10.00. The Hall–Kier alpha value is -2.34. The molecule has 0 N–H and O–H groups in total. The van der Waals surface area contributed by atoms with E-state index in [2.05, 4.69) is 51.3 Å². The van der Waals surface area contributed by atoms with Gasteiger partial charge in [0.15, 0.2) is 0 Å². The molecule has 6 heteroatoms. The first kappa shape index (κ1) is 25.7. The first-order valence-electron chi connectivity index (χ1n) is 13.2. The maximum Gasteiger partial charge on any atom is 0.242 e. The van der Waals surface area contributed by atoms with E-state index >= 15 is 0 Å². The normalized spacial score (nSPS) is 18.9. The van der Waals surface area contributed by atoms with Gasteiger partial charge in [-0.05, 0) is 67.7 Å². The van der Waals surface area contributed by atoms with Gasteiger partial charge in [0.25, 0.3) is 0 Å². The molecule has 0 radical (unpaired) electrons. The number of benzene rings is 1. The molecule has 0 unspecified atom stereocenters. The van der Waals surface area contributed by atoms with Crippen LogP contribution in [-0.4, -0.2) is 47.9 Å². The molecule has 1 aliphatic carbocycles. The molecule has 190 valence electrons. The van der Waals surface area contributed by atoms with E-state index in [1.54, 1.807) is 11.3 Å². The number of rotatable bonds is 9. The topological polar surface area (TPSA) is 49.9 Å². The summed E-state index contributed by atoms with van der Waals surface area (Å²) in [6, 6.07) is 8.20. The maximum absolute atomic E-state index is 13.7. The quantitative estimate of drug-likeness (QED) is 0.432. The largest absolute Gasteiger partial charge is 0.491 e. The highest BCUT2D eigenvalue weighted by Crippen LogP contribution is 2.35. The summed E-state index contributed by atoms with van der Waals surface area (Å²) in [5.41, 5.74) is 3.50. The summed E-state index contributed by atoms with van der Waals surface area (Å²) in [7, 11) is 0. The molecule has 2 atom stereocenters. The zero-order valence-electron chi connectivity index (χ0n) is 21.7. The van der Waals surface area contributed by atoms with Crippen molar-refractivity contribution < 1.29 is 14.3 Å². The molecule has 35 heavy (non-hydrogen) atoms. The van der Waals surface area contributed by atoms with Gasteiger partial charge >= 0.3 is 0 Å². The van der Waals surface area contributed by atoms with Gasteiger partial charge in [0.2, 0.25) is 11.8 Å². The van der Waals surface area contributed by atoms with Gasteiger partial charge in [0.05, 0.1) is 12.6 Å². The number of ether oxygens (including phenoxy) is 1. The zero-order valence-corrected chi connectivity index (χ0v) is 22.5. The van der Waals surface area contributed by atoms with Crippen LogP contribution in [0.4, 0.5) is 0 Å². The molecule has 2 aromatic rings. The predicted octanol–water partition coefficient (Wildman–Crippen LogP) is 5.93. The Morgan fingerprint density at radius 1 is 1.20 bits per heavy atom. The minimum absolute atomic E-state index is 0.0331. The number of hydrogen-bond donors (Lipinski definition) is 0. The van der Waals surface area contributed by atoms with Crippen molar-refractivity contribution >= 4 is 23.2 Å². The molecule has 1 aromatic carbocycles. The molecule has 0 bridgehead atoms. The van der Waals surface area contributed by atoms with Gasteiger partial charge in [0.1, 0.15) is 12.4 Å². The van der Waals surface area contributed by atoms with Crippen LogP contribution < -0.4 is 4.74 Å². The van der Waals surface area contributed by atoms with Crippen LogP contribution in [0.15, 0.2) is 29.6 Å². The molecule has 0 spiro atoms. The SMILES string of the molecule is CC[C@@H](C)CN(CC(=O)N1CCc2sccc2[C@@H]1COc1ccc(C)cc1C)C(=O)C1CCCC1. The van der Waals surface area contributed by atoms with Crippen molar-refractivity contribution in [3.63, 3.8) is 0 Å². The van der Waals surface area contributed by atoms with Crippen LogP contribution in [0.1, 0.15) is 73.6 Å². The van der Waals surface area contributed by atoms with Crippen molar-refractivity contribution in [3.05, 3.63) is 51.2 Å². The maximum atomic E-state index is 13.7. The summed E-state index contributed by atoms with van der Waals surface area (Å²) < 4.78 is 6.28. The number of fused-ring (bicyclic) bond motifs is 1. The van der Waals surface area contributed by atoms with Crippen LogP contribution in [0.2, 0.25) is 0 Å². The average Bonchev–Trinajstić information content (AvgIpc) is 3.54. The number of amides is 2. The van der Waals surface area contributed by atoms with Crippen LogP contribution in [0, 0.1) is 25.7 Å². The molecule has 1 saturated carbocycles. The van der Waals surface area contributed by atoms with Crippen LogP contribution in [0.3, 0.4) is 0 Å². The van der Waals surface area contributed by atoms with Gasteiger partial charge in [-0.15, -0.1) is 11.3 Å². The van der Waals surface area contributed by atoms with Gasteiger partial charge in [-0.1, -0.05) is 50.8 Å². The van der Waals surface area contributed by atoms with E-state index < -0.39 is 0 Å². The molecular formula is C29H40N2O3S. The van der Waals surface area contributed by atoms with Gasteiger partial charge in [0, 0.05) is 23.9 Å². The van der Waals surface area contributed by atoms with Crippen molar-refractivity contribution in [1.29, 1.82) is 0 Å². The Kier molecular flexibility index (Phi) is 8.53. The fourth-order valence-electron chi connectivity index (χ4n) is 5.43. The van der Waals surface area contributed by atoms with E-state index in [9.17, 15) is 9.59 Å². The molecule has 2 amide bonds. The Morgan fingerprint density at radius 2 is 1.97 bits per heavy atom. The summed E-state index contributed by atoms with van der Waals surface area (Å²) in [6.07, 6.45) is 6.01. The van der Waals surface area contributed by atoms with E-state index in [-0.39, 0.29) is 30.3 Å². The summed E-state index contributed by atoms with van der Waals surface area (Å²) in [6.45, 7) is 10.4. The molecule has 0 saturated heterocycles. The molecular weight excluding hydrogens is 456 g/mol. The highest BCUT2D eigenvalue weighted by molar-refractivity contribution is 7.10. The van der Waals surface area contributed by atoms with Crippen molar-refractivity contribution in [3.8, 4) is 5.75 Å². The van der Waals surface area contributed by atoms with E-state index in [1.807, 2.05) is 15.9 Å². The lowest BCUT2D eigenvalue weighted by Gasteiger charge is -2.38. The third kappa shape index (κ3) is 6.08. The highest BCUT2D eigenvalue weighted by Gasteiger charge is 2.35. The summed E-state index contributed by atoms with van der Waals surface area (Å²) in [4.78, 5) is 32.3. The van der Waals surface area contributed by atoms with Crippen LogP contribution in [-0.2, 0) is 16.0 Å². The van der Waals surface area contributed by atoms with Crippen molar-refractivity contribution in [2.45, 2.75) is 72.3 Å². The summed E-state index contributed by atoms with van der Waals surface area (Å²) in [5.74, 6) is 1.53. The molecule has 1 aromatic heterocycles. The summed E-state index contributed by atoms with van der Waals surface area (Å²) >= 11 is 1.76. The van der Waals surface area contributed by atoms with Gasteiger partial charge in [-0.3, -0.25) is 9.59 Å². The minimum atomic E-state index is -0.134. The van der Waals surface area contributed by atoms with Crippen LogP contribution >= 0.6 is 11.3 Å². The minimum Gasteiger partial charge on any atom is -0.491 e. The third-order valence-electron chi connectivity index (χ3n) is 7.71. The number of carbonyl (C=O) groups excluding carboxylic acids is 2. The number of hydrogen-bond acceptors (Lipinski definition) is 4. The fourth-order valence-corrected chi connectivity index (χ4v) is 6.36. The van der Waals surface area contributed by atoms with Gasteiger partial charge < -0.3 is 14.5 Å². The second kappa shape index (κ2) is 11.6. The van der Waals surface area contributed by atoms with Crippen molar-refractivity contribution in [2.24, 2.45) is 11.8 Å². The predicted molar refractivity (Wildman–Crippen MR) is 142 cm³/mol. The monoisotopic (exact) mass is 496 g/mol. The second-order valence-corrected chi connectivity index (χ2v) is 11.4. The first-order valence-corrected chi connectivity index (χ1v) is 14.1. The second-order valence-electron chi connectivity index (χ2n) is 10.4. The number of aryl methyl sites for hydroxylation is 2. The van der Waals surface area contributed by atoms with E-state index in [4.69, 9.17) is 4.74 Å². The lowest BCUT2D eigenvalue weighted by Crippen LogP contribution is -2.49. The molecule has 2 heterocycles. The number of nitrogens with zero attached hydrogens (tertiary/aromatic N) is 2. The zero-order chi connectivity index (χ0) is 24.9. The molecule has 5 nitrogen and oxygen atoms in total. The molecule has 1 fully saturated rings.